The highest BCUT2D eigenvalue weighted by molar-refractivity contribution is 5.18. The van der Waals surface area contributed by atoms with Crippen molar-refractivity contribution in [2.75, 3.05) is 13.6 Å². The summed E-state index contributed by atoms with van der Waals surface area (Å²) in [7, 11) is 1.98. The molecule has 0 aliphatic rings. The van der Waals surface area contributed by atoms with Crippen LogP contribution in [0.15, 0.2) is 6.20 Å². The van der Waals surface area contributed by atoms with Crippen molar-refractivity contribution in [2.45, 2.75) is 39.7 Å². The van der Waals surface area contributed by atoms with Crippen molar-refractivity contribution < 1.29 is 0 Å². The molecule has 14 heavy (non-hydrogen) atoms. The normalized spacial score (nSPS) is 11.2. The molecule has 1 N–H and O–H groups in total. The van der Waals surface area contributed by atoms with E-state index in [2.05, 4.69) is 35.9 Å². The predicted molar refractivity (Wildman–Crippen MR) is 59.6 cm³/mol. The van der Waals surface area contributed by atoms with Gasteiger partial charge in [0.1, 0.15) is 0 Å². The van der Waals surface area contributed by atoms with Crippen LogP contribution in [0.2, 0.25) is 0 Å². The SMILES string of the molecule is CCc1c(CCNC)cnn1C(C)C. The molecule has 1 aromatic rings. The van der Waals surface area contributed by atoms with Crippen LogP contribution in [0.1, 0.15) is 38.1 Å². The molecule has 0 aliphatic heterocycles. The smallest absolute Gasteiger partial charge is 0.0525 e. The molecule has 0 amide bonds. The third-order valence-corrected chi connectivity index (χ3v) is 2.45. The van der Waals surface area contributed by atoms with E-state index in [1.54, 1.807) is 0 Å². The topological polar surface area (TPSA) is 29.9 Å². The molecule has 0 aliphatic carbocycles. The Hall–Kier alpha value is -0.830. The second-order valence-corrected chi connectivity index (χ2v) is 3.86. The first-order valence-electron chi connectivity index (χ1n) is 5.40. The van der Waals surface area contributed by atoms with Gasteiger partial charge in [-0.2, -0.15) is 5.10 Å². The minimum absolute atomic E-state index is 0.466. The summed E-state index contributed by atoms with van der Waals surface area (Å²) >= 11 is 0. The third kappa shape index (κ3) is 2.35. The lowest BCUT2D eigenvalue weighted by Gasteiger charge is -2.10. The summed E-state index contributed by atoms with van der Waals surface area (Å²) in [5, 5.41) is 7.60. The summed E-state index contributed by atoms with van der Waals surface area (Å²) in [6, 6.07) is 0.466. The van der Waals surface area contributed by atoms with Crippen LogP contribution < -0.4 is 5.32 Å². The highest BCUT2D eigenvalue weighted by atomic mass is 15.3. The largest absolute Gasteiger partial charge is 0.319 e. The number of aromatic nitrogens is 2. The van der Waals surface area contributed by atoms with Crippen LogP contribution in [-0.2, 0) is 12.8 Å². The molecule has 3 heteroatoms. The molecule has 3 nitrogen and oxygen atoms in total. The van der Waals surface area contributed by atoms with E-state index in [1.807, 2.05) is 13.2 Å². The molecule has 0 fully saturated rings. The Bertz CT molecular complexity index is 276. The lowest BCUT2D eigenvalue weighted by atomic mass is 10.1. The quantitative estimate of drug-likeness (QED) is 0.776. The van der Waals surface area contributed by atoms with Gasteiger partial charge in [0.05, 0.1) is 6.20 Å². The number of nitrogens with one attached hydrogen (secondary N) is 1. The predicted octanol–water partition coefficient (Wildman–Crippen LogP) is 1.79. The van der Waals surface area contributed by atoms with Gasteiger partial charge in [-0.15, -0.1) is 0 Å². The Labute approximate surface area is 86.5 Å². The maximum atomic E-state index is 4.43. The molecular weight excluding hydrogens is 174 g/mol. The van der Waals surface area contributed by atoms with Crippen molar-refractivity contribution in [3.63, 3.8) is 0 Å². The molecule has 0 radical (unpaired) electrons. The Kier molecular flexibility index (Phi) is 4.14. The zero-order valence-electron chi connectivity index (χ0n) is 9.67. The van der Waals surface area contributed by atoms with Gasteiger partial charge in [-0.25, -0.2) is 0 Å². The van der Waals surface area contributed by atoms with E-state index >= 15 is 0 Å². The Morgan fingerprint density at radius 2 is 2.21 bits per heavy atom. The number of hydrogen-bond acceptors (Lipinski definition) is 2. The summed E-state index contributed by atoms with van der Waals surface area (Å²) in [5.74, 6) is 0. The maximum Gasteiger partial charge on any atom is 0.0525 e. The molecule has 1 rings (SSSR count). The molecule has 0 atom stereocenters. The summed E-state index contributed by atoms with van der Waals surface area (Å²) in [6.45, 7) is 7.57. The van der Waals surface area contributed by atoms with Crippen molar-refractivity contribution in [3.8, 4) is 0 Å². The molecule has 0 saturated carbocycles. The number of hydrogen-bond donors (Lipinski definition) is 1. The Morgan fingerprint density at radius 1 is 1.50 bits per heavy atom. The number of likely N-dealkylation sites (N-methyl/N-ethyl adjacent to an activating group) is 1. The zero-order valence-corrected chi connectivity index (χ0v) is 9.67. The summed E-state index contributed by atoms with van der Waals surface area (Å²) < 4.78 is 2.13. The average Bonchev–Trinajstić information content (AvgIpc) is 2.57. The number of rotatable bonds is 5. The molecule has 0 spiro atoms. The second-order valence-electron chi connectivity index (χ2n) is 3.86. The Morgan fingerprint density at radius 3 is 2.71 bits per heavy atom. The van der Waals surface area contributed by atoms with Gasteiger partial charge in [0.15, 0.2) is 0 Å². The van der Waals surface area contributed by atoms with Crippen LogP contribution in [0.5, 0.6) is 0 Å². The van der Waals surface area contributed by atoms with Crippen molar-refractivity contribution in [1.82, 2.24) is 15.1 Å². The fourth-order valence-electron chi connectivity index (χ4n) is 1.73. The lowest BCUT2D eigenvalue weighted by Crippen LogP contribution is -2.12. The van der Waals surface area contributed by atoms with Gasteiger partial charge in [0.25, 0.3) is 0 Å². The first kappa shape index (κ1) is 11.2. The van der Waals surface area contributed by atoms with Crippen molar-refractivity contribution in [2.24, 2.45) is 0 Å². The molecule has 80 valence electrons. The van der Waals surface area contributed by atoms with E-state index in [4.69, 9.17) is 0 Å². The summed E-state index contributed by atoms with van der Waals surface area (Å²) in [4.78, 5) is 0. The van der Waals surface area contributed by atoms with Gasteiger partial charge in [-0.3, -0.25) is 4.68 Å². The van der Waals surface area contributed by atoms with Crippen LogP contribution in [0, 0.1) is 0 Å². The van der Waals surface area contributed by atoms with E-state index in [0.29, 0.717) is 6.04 Å². The van der Waals surface area contributed by atoms with Crippen LogP contribution in [0.25, 0.3) is 0 Å². The van der Waals surface area contributed by atoms with Crippen LogP contribution in [-0.4, -0.2) is 23.4 Å². The molecule has 0 saturated heterocycles. The van der Waals surface area contributed by atoms with E-state index in [9.17, 15) is 0 Å². The number of nitrogens with zero attached hydrogens (tertiary/aromatic N) is 2. The standard InChI is InChI=1S/C11H21N3/c1-5-11-10(6-7-12-4)8-13-14(11)9(2)3/h8-9,12H,5-7H2,1-4H3. The van der Waals surface area contributed by atoms with Gasteiger partial charge < -0.3 is 5.32 Å². The van der Waals surface area contributed by atoms with Crippen LogP contribution in [0.3, 0.4) is 0 Å². The highest BCUT2D eigenvalue weighted by Crippen LogP contribution is 2.14. The minimum atomic E-state index is 0.466. The van der Waals surface area contributed by atoms with Crippen molar-refractivity contribution in [1.29, 1.82) is 0 Å². The Balaban J connectivity index is 2.84. The van der Waals surface area contributed by atoms with Crippen LogP contribution in [0.4, 0.5) is 0 Å². The minimum Gasteiger partial charge on any atom is -0.319 e. The van der Waals surface area contributed by atoms with E-state index in [1.165, 1.54) is 11.3 Å². The summed E-state index contributed by atoms with van der Waals surface area (Å²) in [6.07, 6.45) is 4.15. The van der Waals surface area contributed by atoms with Gasteiger partial charge in [0, 0.05) is 11.7 Å². The van der Waals surface area contributed by atoms with Crippen molar-refractivity contribution in [3.05, 3.63) is 17.5 Å². The fourth-order valence-corrected chi connectivity index (χ4v) is 1.73. The van der Waals surface area contributed by atoms with Crippen molar-refractivity contribution >= 4 is 0 Å². The molecule has 1 heterocycles. The summed E-state index contributed by atoms with van der Waals surface area (Å²) in [5.41, 5.74) is 2.77. The highest BCUT2D eigenvalue weighted by Gasteiger charge is 2.10. The maximum absolute atomic E-state index is 4.43. The van der Waals surface area contributed by atoms with Gasteiger partial charge in [-0.05, 0) is 45.8 Å². The second kappa shape index (κ2) is 5.15. The molecule has 0 bridgehead atoms. The van der Waals surface area contributed by atoms with Gasteiger partial charge in [0.2, 0.25) is 0 Å². The average molecular weight is 195 g/mol. The molecule has 0 unspecified atom stereocenters. The third-order valence-electron chi connectivity index (χ3n) is 2.45. The lowest BCUT2D eigenvalue weighted by molar-refractivity contribution is 0.510. The monoisotopic (exact) mass is 195 g/mol. The van der Waals surface area contributed by atoms with E-state index in [0.717, 1.165) is 19.4 Å². The molecule has 0 aromatic carbocycles. The zero-order chi connectivity index (χ0) is 10.6. The first-order chi connectivity index (χ1) is 6.70. The van der Waals surface area contributed by atoms with E-state index < -0.39 is 0 Å². The van der Waals surface area contributed by atoms with Crippen LogP contribution >= 0.6 is 0 Å². The molecule has 1 aromatic heterocycles. The van der Waals surface area contributed by atoms with E-state index in [-0.39, 0.29) is 0 Å². The first-order valence-corrected chi connectivity index (χ1v) is 5.40. The van der Waals surface area contributed by atoms with Gasteiger partial charge in [-0.1, -0.05) is 6.92 Å². The fraction of sp³-hybridized carbons (Fsp3) is 0.727. The van der Waals surface area contributed by atoms with Gasteiger partial charge >= 0.3 is 0 Å². The molecular formula is C11H21N3.